The van der Waals surface area contributed by atoms with E-state index in [4.69, 9.17) is 13.9 Å². The van der Waals surface area contributed by atoms with Crippen molar-refractivity contribution in [3.8, 4) is 23.0 Å². The number of rotatable bonds is 5. The second kappa shape index (κ2) is 8.97. The molecule has 6 nitrogen and oxygen atoms in total. The zero-order valence-corrected chi connectivity index (χ0v) is 18.2. The minimum atomic E-state index is -5.00. The maximum Gasteiger partial charge on any atom is 0.453 e. The molecule has 0 aliphatic carbocycles. The Hall–Kier alpha value is -3.20. The maximum absolute atomic E-state index is 13.9. The van der Waals surface area contributed by atoms with Crippen LogP contribution in [0.5, 0.6) is 23.0 Å². The van der Waals surface area contributed by atoms with Gasteiger partial charge in [0.1, 0.15) is 22.8 Å². The Morgan fingerprint density at radius 3 is 2.52 bits per heavy atom. The molecule has 4 rings (SSSR count). The fourth-order valence-electron chi connectivity index (χ4n) is 3.95. The number of hydrogen-bond acceptors (Lipinski definition) is 6. The molecule has 0 atom stereocenters. The number of likely N-dealkylation sites (tertiary alicyclic amines) is 1. The summed E-state index contributed by atoms with van der Waals surface area (Å²) in [5.41, 5.74) is -1.11. The van der Waals surface area contributed by atoms with Crippen LogP contribution >= 0.6 is 0 Å². The molecule has 0 spiro atoms. The quantitative estimate of drug-likeness (QED) is 0.535. The summed E-state index contributed by atoms with van der Waals surface area (Å²) in [7, 11) is 1.40. The molecule has 9 heteroatoms. The normalized spacial score (nSPS) is 15.7. The van der Waals surface area contributed by atoms with Gasteiger partial charge < -0.3 is 19.0 Å². The van der Waals surface area contributed by atoms with Crippen LogP contribution in [0.3, 0.4) is 0 Å². The Morgan fingerprint density at radius 1 is 1.15 bits per heavy atom. The highest BCUT2D eigenvalue weighted by atomic mass is 19.4. The van der Waals surface area contributed by atoms with E-state index in [0.29, 0.717) is 11.7 Å². The Bertz CT molecular complexity index is 1210. The fourth-order valence-corrected chi connectivity index (χ4v) is 3.95. The lowest BCUT2D eigenvalue weighted by Crippen LogP contribution is -2.32. The van der Waals surface area contributed by atoms with Gasteiger partial charge in [-0.15, -0.1) is 0 Å². The lowest BCUT2D eigenvalue weighted by molar-refractivity contribution is -0.154. The minimum Gasteiger partial charge on any atom is -0.507 e. The third kappa shape index (κ3) is 4.78. The molecule has 2 heterocycles. The van der Waals surface area contributed by atoms with Crippen molar-refractivity contribution in [2.45, 2.75) is 32.5 Å². The molecule has 176 valence electrons. The first-order valence-corrected chi connectivity index (χ1v) is 10.6. The highest BCUT2D eigenvalue weighted by molar-refractivity contribution is 5.83. The number of halogens is 3. The summed E-state index contributed by atoms with van der Waals surface area (Å²) in [6.45, 7) is 3.80. The highest BCUT2D eigenvalue weighted by Gasteiger charge is 2.41. The molecule has 0 radical (unpaired) electrons. The highest BCUT2D eigenvalue weighted by Crippen LogP contribution is 2.40. The van der Waals surface area contributed by atoms with Crippen LogP contribution in [0.25, 0.3) is 11.0 Å². The molecule has 3 aromatic rings. The summed E-state index contributed by atoms with van der Waals surface area (Å²) in [6, 6.07) is 8.44. The maximum atomic E-state index is 13.9. The van der Waals surface area contributed by atoms with E-state index in [1.165, 1.54) is 37.4 Å². The van der Waals surface area contributed by atoms with Crippen LogP contribution in [0.4, 0.5) is 13.2 Å². The molecule has 0 bridgehead atoms. The number of methoxy groups -OCH3 is 1. The first-order valence-electron chi connectivity index (χ1n) is 10.6. The van der Waals surface area contributed by atoms with Crippen molar-refractivity contribution in [3.63, 3.8) is 0 Å². The van der Waals surface area contributed by atoms with Gasteiger partial charge >= 0.3 is 6.18 Å². The van der Waals surface area contributed by atoms with E-state index in [1.807, 2.05) is 4.90 Å². The number of phenols is 1. The lowest BCUT2D eigenvalue weighted by atomic mass is 9.98. The number of fused-ring (bicyclic) bond motifs is 1. The second-order valence-electron chi connectivity index (χ2n) is 8.27. The van der Waals surface area contributed by atoms with Gasteiger partial charge in [-0.3, -0.25) is 9.69 Å². The molecule has 0 saturated carbocycles. The van der Waals surface area contributed by atoms with E-state index in [2.05, 4.69) is 6.92 Å². The van der Waals surface area contributed by atoms with Crippen LogP contribution in [0.15, 0.2) is 45.6 Å². The van der Waals surface area contributed by atoms with Gasteiger partial charge in [0.15, 0.2) is 0 Å². The molecule has 1 N–H and O–H groups in total. The zero-order chi connectivity index (χ0) is 23.8. The topological polar surface area (TPSA) is 72.1 Å². The number of nitrogens with zero attached hydrogens (tertiary/aromatic N) is 1. The van der Waals surface area contributed by atoms with Gasteiger partial charge in [-0.2, -0.15) is 13.2 Å². The van der Waals surface area contributed by atoms with Crippen molar-refractivity contribution in [2.24, 2.45) is 5.92 Å². The first-order chi connectivity index (χ1) is 15.7. The lowest BCUT2D eigenvalue weighted by Gasteiger charge is -2.30. The van der Waals surface area contributed by atoms with Crippen LogP contribution in [0, 0.1) is 5.92 Å². The van der Waals surface area contributed by atoms with Gasteiger partial charge in [0.25, 0.3) is 5.76 Å². The van der Waals surface area contributed by atoms with Crippen LogP contribution in [0.1, 0.15) is 31.1 Å². The van der Waals surface area contributed by atoms with Crippen molar-refractivity contribution in [2.75, 3.05) is 20.2 Å². The standard InChI is InChI=1S/C24H24F3NO5/c1-14-8-10-28(11-9-14)13-18-19(29)7-6-17-20(30)22(23(24(25,26)27)33-21(17)18)32-16-5-3-4-15(12-16)31-2/h3-7,12,14,29H,8-11,13H2,1-2H3. The van der Waals surface area contributed by atoms with E-state index in [9.17, 15) is 23.1 Å². The van der Waals surface area contributed by atoms with E-state index < -0.39 is 23.1 Å². The summed E-state index contributed by atoms with van der Waals surface area (Å²) in [6.07, 6.45) is -3.10. The summed E-state index contributed by atoms with van der Waals surface area (Å²) >= 11 is 0. The molecule has 1 saturated heterocycles. The van der Waals surface area contributed by atoms with E-state index >= 15 is 0 Å². The second-order valence-corrected chi connectivity index (χ2v) is 8.27. The molecule has 1 aliphatic rings. The smallest absolute Gasteiger partial charge is 0.453 e. The van der Waals surface area contributed by atoms with Gasteiger partial charge in [0.2, 0.25) is 11.2 Å². The van der Waals surface area contributed by atoms with Crippen molar-refractivity contribution in [3.05, 3.63) is 57.9 Å². The number of piperidine rings is 1. The number of ether oxygens (including phenoxy) is 2. The molecule has 0 unspecified atom stereocenters. The zero-order valence-electron chi connectivity index (χ0n) is 18.2. The Labute approximate surface area is 188 Å². The van der Waals surface area contributed by atoms with E-state index in [1.54, 1.807) is 6.07 Å². The van der Waals surface area contributed by atoms with Crippen molar-refractivity contribution >= 4 is 11.0 Å². The monoisotopic (exact) mass is 463 g/mol. The number of alkyl halides is 3. The molecule has 1 aromatic heterocycles. The van der Waals surface area contributed by atoms with E-state index in [0.717, 1.165) is 25.9 Å². The molecular formula is C24H24F3NO5. The molecular weight excluding hydrogens is 439 g/mol. The van der Waals surface area contributed by atoms with E-state index in [-0.39, 0.29) is 34.6 Å². The number of aromatic hydroxyl groups is 1. The number of phenolic OH excluding ortho intramolecular Hbond substituents is 1. The Kier molecular flexibility index (Phi) is 6.25. The SMILES string of the molecule is COc1cccc(Oc2c(C(F)(F)F)oc3c(CN4CCC(C)CC4)c(O)ccc3c2=O)c1. The van der Waals surface area contributed by atoms with Crippen LogP contribution in [-0.2, 0) is 12.7 Å². The fraction of sp³-hybridized carbons (Fsp3) is 0.375. The largest absolute Gasteiger partial charge is 0.507 e. The first kappa shape index (κ1) is 23.0. The van der Waals surface area contributed by atoms with Gasteiger partial charge in [0, 0.05) is 12.6 Å². The Morgan fingerprint density at radius 2 is 1.85 bits per heavy atom. The summed E-state index contributed by atoms with van der Waals surface area (Å²) in [5, 5.41) is 10.3. The average molecular weight is 463 g/mol. The summed E-state index contributed by atoms with van der Waals surface area (Å²) < 4.78 is 57.5. The number of hydrogen-bond donors (Lipinski definition) is 1. The van der Waals surface area contributed by atoms with Crippen molar-refractivity contribution < 1.29 is 32.2 Å². The van der Waals surface area contributed by atoms with Gasteiger partial charge in [-0.05, 0) is 56.1 Å². The number of benzene rings is 2. The molecule has 0 amide bonds. The van der Waals surface area contributed by atoms with Crippen molar-refractivity contribution in [1.29, 1.82) is 0 Å². The van der Waals surface area contributed by atoms with Gasteiger partial charge in [-0.25, -0.2) is 0 Å². The summed E-state index contributed by atoms with van der Waals surface area (Å²) in [4.78, 5) is 15.2. The van der Waals surface area contributed by atoms with Gasteiger partial charge in [-0.1, -0.05) is 13.0 Å². The van der Waals surface area contributed by atoms with Crippen LogP contribution < -0.4 is 14.9 Å². The third-order valence-corrected chi connectivity index (χ3v) is 5.87. The van der Waals surface area contributed by atoms with Crippen LogP contribution in [0.2, 0.25) is 0 Å². The van der Waals surface area contributed by atoms with Crippen molar-refractivity contribution in [1.82, 2.24) is 4.90 Å². The Balaban J connectivity index is 1.83. The predicted octanol–water partition coefficient (Wildman–Crippen LogP) is 5.55. The molecule has 33 heavy (non-hydrogen) atoms. The molecule has 1 aliphatic heterocycles. The average Bonchev–Trinajstić information content (AvgIpc) is 2.78. The summed E-state index contributed by atoms with van der Waals surface area (Å²) in [5.74, 6) is -1.83. The molecule has 1 fully saturated rings. The third-order valence-electron chi connectivity index (χ3n) is 5.87. The van der Waals surface area contributed by atoms with Crippen LogP contribution in [-0.4, -0.2) is 30.2 Å². The predicted molar refractivity (Wildman–Crippen MR) is 116 cm³/mol. The molecule has 2 aromatic carbocycles. The van der Waals surface area contributed by atoms with Gasteiger partial charge in [0.05, 0.1) is 18.1 Å². The minimum absolute atomic E-state index is 0.00654.